The lowest BCUT2D eigenvalue weighted by Gasteiger charge is -2.13. The molecule has 11 heteroatoms. The zero-order valence-corrected chi connectivity index (χ0v) is 21.9. The molecule has 0 fully saturated rings. The third kappa shape index (κ3) is 6.89. The first-order valence-electron chi connectivity index (χ1n) is 11.1. The molecule has 0 heterocycles. The summed E-state index contributed by atoms with van der Waals surface area (Å²) < 4.78 is 66.9. The van der Waals surface area contributed by atoms with E-state index in [2.05, 4.69) is 10.0 Å². The molecule has 38 heavy (non-hydrogen) atoms. The van der Waals surface area contributed by atoms with Crippen LogP contribution in [0.3, 0.4) is 0 Å². The molecule has 4 aromatic carbocycles. The van der Waals surface area contributed by atoms with E-state index in [-0.39, 0.29) is 16.5 Å². The maximum Gasteiger partial charge on any atom is 0.417 e. The molecule has 0 radical (unpaired) electrons. The quantitative estimate of drug-likeness (QED) is 0.211. The van der Waals surface area contributed by atoms with E-state index in [0.29, 0.717) is 23.1 Å². The van der Waals surface area contributed by atoms with E-state index in [9.17, 15) is 26.4 Å². The summed E-state index contributed by atoms with van der Waals surface area (Å²) in [6, 6.07) is 25.0. The van der Waals surface area contributed by atoms with Crippen molar-refractivity contribution in [3.05, 3.63) is 119 Å². The van der Waals surface area contributed by atoms with Crippen molar-refractivity contribution in [3.63, 3.8) is 0 Å². The monoisotopic (exact) mass is 576 g/mol. The molecule has 1 amide bonds. The fourth-order valence-electron chi connectivity index (χ4n) is 3.45. The minimum Gasteiger partial charge on any atom is -0.322 e. The van der Waals surface area contributed by atoms with Crippen molar-refractivity contribution in [2.24, 2.45) is 0 Å². The number of sulfonamides is 1. The lowest BCUT2D eigenvalue weighted by Crippen LogP contribution is -2.15. The van der Waals surface area contributed by atoms with Crippen LogP contribution in [-0.4, -0.2) is 14.3 Å². The first-order valence-corrected chi connectivity index (χ1v) is 13.9. The molecule has 4 aromatic rings. The molecule has 4 rings (SSSR count). The highest BCUT2D eigenvalue weighted by Gasteiger charge is 2.33. The van der Waals surface area contributed by atoms with Gasteiger partial charge in [-0.1, -0.05) is 54.1 Å². The van der Waals surface area contributed by atoms with E-state index in [1.807, 2.05) is 42.5 Å². The Morgan fingerprint density at radius 1 is 0.842 bits per heavy atom. The van der Waals surface area contributed by atoms with Gasteiger partial charge in [-0.3, -0.25) is 9.52 Å². The summed E-state index contributed by atoms with van der Waals surface area (Å²) in [5.41, 5.74) is 0.493. The van der Waals surface area contributed by atoms with Crippen LogP contribution in [0.1, 0.15) is 21.5 Å². The Bertz CT molecular complexity index is 1550. The number of nitrogens with one attached hydrogen (secondary N) is 2. The molecule has 0 unspecified atom stereocenters. The molecule has 2 N–H and O–H groups in total. The SMILES string of the molecule is O=C(Nc1ccc(S(=O)(=O)Nc2ccc(Cl)c(C(F)(F)F)c2)cc1)c1ccccc1SCc1ccccc1. The topological polar surface area (TPSA) is 75.3 Å². The number of amides is 1. The molecule has 0 aliphatic carbocycles. The van der Waals surface area contributed by atoms with E-state index in [1.54, 1.807) is 12.1 Å². The summed E-state index contributed by atoms with van der Waals surface area (Å²) in [6.07, 6.45) is -4.74. The van der Waals surface area contributed by atoms with Gasteiger partial charge in [0.2, 0.25) is 0 Å². The number of carbonyl (C=O) groups is 1. The smallest absolute Gasteiger partial charge is 0.322 e. The molecule has 0 aliphatic rings. The molecule has 0 aromatic heterocycles. The summed E-state index contributed by atoms with van der Waals surface area (Å²) >= 11 is 7.12. The second kappa shape index (κ2) is 11.5. The first kappa shape index (κ1) is 27.6. The highest BCUT2D eigenvalue weighted by Crippen LogP contribution is 2.36. The zero-order valence-electron chi connectivity index (χ0n) is 19.5. The molecule has 0 atom stereocenters. The predicted octanol–water partition coefficient (Wildman–Crippen LogP) is 7.70. The predicted molar refractivity (Wildman–Crippen MR) is 144 cm³/mol. The summed E-state index contributed by atoms with van der Waals surface area (Å²) in [6.45, 7) is 0. The van der Waals surface area contributed by atoms with Gasteiger partial charge in [-0.15, -0.1) is 11.8 Å². The van der Waals surface area contributed by atoms with Gasteiger partial charge in [-0.05, 0) is 60.2 Å². The largest absolute Gasteiger partial charge is 0.417 e. The Balaban J connectivity index is 1.45. The molecule has 0 bridgehead atoms. The number of halogens is 4. The summed E-state index contributed by atoms with van der Waals surface area (Å²) in [5.74, 6) is 0.318. The highest BCUT2D eigenvalue weighted by molar-refractivity contribution is 7.98. The van der Waals surface area contributed by atoms with E-state index in [1.165, 1.54) is 36.0 Å². The van der Waals surface area contributed by atoms with Crippen LogP contribution in [0.2, 0.25) is 5.02 Å². The number of hydrogen-bond acceptors (Lipinski definition) is 4. The average Bonchev–Trinajstić information content (AvgIpc) is 2.89. The number of carbonyl (C=O) groups excluding carboxylic acids is 1. The third-order valence-corrected chi connectivity index (χ3v) is 8.19. The number of anilines is 2. The van der Waals surface area contributed by atoms with Crippen molar-refractivity contribution in [2.45, 2.75) is 21.7 Å². The highest BCUT2D eigenvalue weighted by atomic mass is 35.5. The van der Waals surface area contributed by atoms with Crippen molar-refractivity contribution in [1.82, 2.24) is 0 Å². The van der Waals surface area contributed by atoms with Gasteiger partial charge in [0.05, 0.1) is 21.0 Å². The van der Waals surface area contributed by atoms with Crippen LogP contribution in [0, 0.1) is 0 Å². The van der Waals surface area contributed by atoms with Crippen LogP contribution in [0.5, 0.6) is 0 Å². The number of alkyl halides is 3. The Morgan fingerprint density at radius 3 is 2.16 bits per heavy atom. The van der Waals surface area contributed by atoms with Gasteiger partial charge in [0, 0.05) is 22.0 Å². The zero-order chi connectivity index (χ0) is 27.3. The van der Waals surface area contributed by atoms with Crippen molar-refractivity contribution < 1.29 is 26.4 Å². The van der Waals surface area contributed by atoms with Crippen LogP contribution < -0.4 is 10.0 Å². The maximum absolute atomic E-state index is 13.1. The first-order chi connectivity index (χ1) is 18.0. The van der Waals surface area contributed by atoms with Crippen molar-refractivity contribution in [1.29, 1.82) is 0 Å². The molecule has 0 spiro atoms. The Hall–Kier alpha value is -3.47. The number of rotatable bonds is 8. The minimum atomic E-state index is -4.74. The van der Waals surface area contributed by atoms with Gasteiger partial charge >= 0.3 is 6.18 Å². The van der Waals surface area contributed by atoms with Crippen LogP contribution in [-0.2, 0) is 22.0 Å². The van der Waals surface area contributed by atoms with Crippen LogP contribution >= 0.6 is 23.4 Å². The van der Waals surface area contributed by atoms with Crippen molar-refractivity contribution in [2.75, 3.05) is 10.0 Å². The Morgan fingerprint density at radius 2 is 1.47 bits per heavy atom. The summed E-state index contributed by atoms with van der Waals surface area (Å²) in [5, 5.41) is 2.21. The number of benzene rings is 4. The van der Waals surface area contributed by atoms with Gasteiger partial charge in [0.25, 0.3) is 15.9 Å². The summed E-state index contributed by atoms with van der Waals surface area (Å²) in [4.78, 5) is 13.5. The third-order valence-electron chi connectivity index (χ3n) is 5.32. The number of thioether (sulfide) groups is 1. The van der Waals surface area contributed by atoms with E-state index >= 15 is 0 Å². The molecule has 0 aliphatic heterocycles. The van der Waals surface area contributed by atoms with Gasteiger partial charge in [-0.2, -0.15) is 13.2 Å². The minimum absolute atomic E-state index is 0.196. The van der Waals surface area contributed by atoms with E-state index in [4.69, 9.17) is 11.6 Å². The second-order valence-corrected chi connectivity index (χ2v) is 11.2. The van der Waals surface area contributed by atoms with Crippen LogP contribution in [0.15, 0.2) is 107 Å². The Labute approximate surface area is 227 Å². The molecular weight excluding hydrogens is 557 g/mol. The van der Waals surface area contributed by atoms with E-state index in [0.717, 1.165) is 22.6 Å². The fraction of sp³-hybridized carbons (Fsp3) is 0.0741. The Kier molecular flexibility index (Phi) is 8.35. The molecular formula is C27H20ClF3N2O3S2. The van der Waals surface area contributed by atoms with Gasteiger partial charge in [-0.25, -0.2) is 8.42 Å². The lowest BCUT2D eigenvalue weighted by molar-refractivity contribution is -0.137. The molecule has 5 nitrogen and oxygen atoms in total. The van der Waals surface area contributed by atoms with Crippen molar-refractivity contribution >= 4 is 50.7 Å². The van der Waals surface area contributed by atoms with Gasteiger partial charge < -0.3 is 5.32 Å². The fourth-order valence-corrected chi connectivity index (χ4v) is 5.73. The molecule has 196 valence electrons. The normalized spacial score (nSPS) is 11.7. The number of hydrogen-bond donors (Lipinski definition) is 2. The van der Waals surface area contributed by atoms with Crippen LogP contribution in [0.25, 0.3) is 0 Å². The van der Waals surface area contributed by atoms with Crippen molar-refractivity contribution in [3.8, 4) is 0 Å². The summed E-state index contributed by atoms with van der Waals surface area (Å²) in [7, 11) is -4.20. The second-order valence-electron chi connectivity index (χ2n) is 8.05. The van der Waals surface area contributed by atoms with E-state index < -0.39 is 26.8 Å². The van der Waals surface area contributed by atoms with Gasteiger partial charge in [0.1, 0.15) is 0 Å². The average molecular weight is 577 g/mol. The van der Waals surface area contributed by atoms with Crippen LogP contribution in [0.4, 0.5) is 24.5 Å². The molecule has 0 saturated heterocycles. The standard InChI is InChI=1S/C27H20ClF3N2O3S2/c28-24-15-12-20(16-23(24)27(29,30)31)33-38(35,36)21-13-10-19(11-14-21)32-26(34)22-8-4-5-9-25(22)37-17-18-6-2-1-3-7-18/h1-16,33H,17H2,(H,32,34). The maximum atomic E-state index is 13.1. The van der Waals surface area contributed by atoms with Gasteiger partial charge in [0.15, 0.2) is 0 Å². The molecule has 0 saturated carbocycles. The lowest BCUT2D eigenvalue weighted by atomic mass is 10.2.